The maximum Gasteiger partial charge on any atom is 0.0955 e. The van der Waals surface area contributed by atoms with Gasteiger partial charge in [-0.25, -0.2) is 0 Å². The number of rotatable bonds is 2. The molecule has 0 saturated carbocycles. The molecule has 2 N–H and O–H groups in total. The van der Waals surface area contributed by atoms with Gasteiger partial charge in [0.25, 0.3) is 0 Å². The van der Waals surface area contributed by atoms with Gasteiger partial charge < -0.3 is 10.6 Å². The highest BCUT2D eigenvalue weighted by atomic mass is 15.3. The maximum atomic E-state index is 6.08. The number of nitrogen functional groups attached to an aromatic ring is 1. The van der Waals surface area contributed by atoms with E-state index in [1.165, 1.54) is 38.0 Å². The Morgan fingerprint density at radius 2 is 1.95 bits per heavy atom. The minimum atomic E-state index is 0.712. The van der Waals surface area contributed by atoms with Gasteiger partial charge in [0, 0.05) is 36.4 Å². The van der Waals surface area contributed by atoms with Crippen LogP contribution in [0.4, 0.5) is 11.4 Å². The van der Waals surface area contributed by atoms with Crippen molar-refractivity contribution in [1.29, 1.82) is 0 Å². The summed E-state index contributed by atoms with van der Waals surface area (Å²) < 4.78 is 0. The fourth-order valence-corrected chi connectivity index (χ4v) is 3.80. The van der Waals surface area contributed by atoms with Gasteiger partial charge in [0.2, 0.25) is 0 Å². The van der Waals surface area contributed by atoms with Crippen LogP contribution >= 0.6 is 0 Å². The molecule has 4 heteroatoms. The van der Waals surface area contributed by atoms with Gasteiger partial charge in [-0.2, -0.15) is 0 Å². The summed E-state index contributed by atoms with van der Waals surface area (Å²) in [6.45, 7) is 4.80. The minimum Gasteiger partial charge on any atom is -0.398 e. The van der Waals surface area contributed by atoms with Gasteiger partial charge in [-0.05, 0) is 56.6 Å². The van der Waals surface area contributed by atoms with Crippen molar-refractivity contribution in [1.82, 2.24) is 9.88 Å². The van der Waals surface area contributed by atoms with Crippen LogP contribution in [0.2, 0.25) is 0 Å². The van der Waals surface area contributed by atoms with Gasteiger partial charge in [-0.3, -0.25) is 9.88 Å². The highest BCUT2D eigenvalue weighted by Gasteiger charge is 2.30. The molecule has 2 aliphatic heterocycles. The van der Waals surface area contributed by atoms with Crippen molar-refractivity contribution in [2.75, 3.05) is 36.8 Å². The van der Waals surface area contributed by atoms with Gasteiger partial charge in [0.15, 0.2) is 0 Å². The molecule has 3 heterocycles. The Kier molecular flexibility index (Phi) is 3.19. The van der Waals surface area contributed by atoms with E-state index in [0.29, 0.717) is 6.04 Å². The molecule has 1 aromatic carbocycles. The third-order valence-electron chi connectivity index (χ3n) is 4.94. The lowest BCUT2D eigenvalue weighted by molar-refractivity contribution is 0.260. The number of hydrogen-bond donors (Lipinski definition) is 1. The fraction of sp³-hybridized carbons (Fsp3) is 0.471. The number of aromatic nitrogens is 1. The molecule has 0 amide bonds. The Morgan fingerprint density at radius 1 is 1.10 bits per heavy atom. The molecule has 2 aliphatic rings. The van der Waals surface area contributed by atoms with Crippen LogP contribution < -0.4 is 10.6 Å². The van der Waals surface area contributed by atoms with Crippen LogP contribution in [0.3, 0.4) is 0 Å². The van der Waals surface area contributed by atoms with Crippen molar-refractivity contribution in [3.05, 3.63) is 30.5 Å². The van der Waals surface area contributed by atoms with Crippen molar-refractivity contribution < 1.29 is 0 Å². The molecular weight excluding hydrogens is 260 g/mol. The first-order chi connectivity index (χ1) is 10.3. The second-order valence-electron chi connectivity index (χ2n) is 6.21. The van der Waals surface area contributed by atoms with Crippen molar-refractivity contribution >= 4 is 22.3 Å². The minimum absolute atomic E-state index is 0.712. The smallest absolute Gasteiger partial charge is 0.0955 e. The van der Waals surface area contributed by atoms with Crippen LogP contribution in [0.5, 0.6) is 0 Å². The van der Waals surface area contributed by atoms with Crippen LogP contribution in [-0.2, 0) is 0 Å². The number of benzene rings is 1. The van der Waals surface area contributed by atoms with Gasteiger partial charge in [0.1, 0.15) is 0 Å². The Balaban J connectivity index is 1.64. The first-order valence-electron chi connectivity index (χ1n) is 7.95. The lowest BCUT2D eigenvalue weighted by Gasteiger charge is -2.25. The van der Waals surface area contributed by atoms with E-state index in [0.717, 1.165) is 29.7 Å². The normalized spacial score (nSPS) is 23.2. The Hall–Kier alpha value is -1.81. The second kappa shape index (κ2) is 5.19. The summed E-state index contributed by atoms with van der Waals surface area (Å²) >= 11 is 0. The number of nitrogens with two attached hydrogens (primary N) is 1. The van der Waals surface area contributed by atoms with Crippen LogP contribution in [0.15, 0.2) is 30.5 Å². The zero-order chi connectivity index (χ0) is 14.2. The maximum absolute atomic E-state index is 6.08. The summed E-state index contributed by atoms with van der Waals surface area (Å²) in [6, 6.07) is 8.89. The molecule has 2 fully saturated rings. The summed E-state index contributed by atoms with van der Waals surface area (Å²) in [5, 5.41) is 1.07. The van der Waals surface area contributed by atoms with Gasteiger partial charge in [0.05, 0.1) is 11.2 Å². The van der Waals surface area contributed by atoms with E-state index in [2.05, 4.69) is 26.9 Å². The molecular formula is C17H22N4. The fourth-order valence-electron chi connectivity index (χ4n) is 3.80. The third kappa shape index (κ3) is 2.23. The van der Waals surface area contributed by atoms with Crippen molar-refractivity contribution in [3.8, 4) is 0 Å². The van der Waals surface area contributed by atoms with E-state index in [4.69, 9.17) is 5.73 Å². The average molecular weight is 282 g/mol. The standard InChI is InChI=1S/C17H22N4/c18-15-5-6-16(17-14(15)4-3-8-19-17)21-11-7-13(12-21)20-9-1-2-10-20/h3-6,8,13H,1-2,7,9-12,18H2. The molecule has 0 spiro atoms. The quantitative estimate of drug-likeness (QED) is 0.860. The molecule has 110 valence electrons. The number of fused-ring (bicyclic) bond motifs is 1. The van der Waals surface area contributed by atoms with Crippen molar-refractivity contribution in [2.24, 2.45) is 0 Å². The Labute approximate surface area is 125 Å². The summed E-state index contributed by atoms with van der Waals surface area (Å²) in [7, 11) is 0. The number of anilines is 2. The lowest BCUT2D eigenvalue weighted by atomic mass is 10.1. The summed E-state index contributed by atoms with van der Waals surface area (Å²) in [5.41, 5.74) is 9.18. The van der Waals surface area contributed by atoms with Crippen molar-refractivity contribution in [2.45, 2.75) is 25.3 Å². The predicted octanol–water partition coefficient (Wildman–Crippen LogP) is 2.49. The lowest BCUT2D eigenvalue weighted by Crippen LogP contribution is -2.35. The number of hydrogen-bond acceptors (Lipinski definition) is 4. The first kappa shape index (κ1) is 12.9. The largest absolute Gasteiger partial charge is 0.398 e. The first-order valence-corrected chi connectivity index (χ1v) is 7.95. The molecule has 4 rings (SSSR count). The molecule has 1 atom stereocenters. The van der Waals surface area contributed by atoms with E-state index >= 15 is 0 Å². The molecule has 0 aliphatic carbocycles. The monoisotopic (exact) mass is 282 g/mol. The topological polar surface area (TPSA) is 45.4 Å². The molecule has 1 aromatic heterocycles. The van der Waals surface area contributed by atoms with Gasteiger partial charge in [-0.15, -0.1) is 0 Å². The van der Waals surface area contributed by atoms with Crippen LogP contribution in [-0.4, -0.2) is 42.1 Å². The predicted molar refractivity (Wildman–Crippen MR) is 87.6 cm³/mol. The van der Waals surface area contributed by atoms with Gasteiger partial charge >= 0.3 is 0 Å². The van der Waals surface area contributed by atoms with E-state index < -0.39 is 0 Å². The molecule has 0 radical (unpaired) electrons. The highest BCUT2D eigenvalue weighted by molar-refractivity contribution is 5.98. The summed E-state index contributed by atoms with van der Waals surface area (Å²) in [4.78, 5) is 9.72. The SMILES string of the molecule is Nc1ccc(N2CCC(N3CCCC3)C2)c2ncccc12. The van der Waals surface area contributed by atoms with E-state index in [1.54, 1.807) is 0 Å². The summed E-state index contributed by atoms with van der Waals surface area (Å²) in [6.07, 6.45) is 5.85. The Morgan fingerprint density at radius 3 is 2.81 bits per heavy atom. The highest BCUT2D eigenvalue weighted by Crippen LogP contribution is 2.32. The van der Waals surface area contributed by atoms with Gasteiger partial charge in [-0.1, -0.05) is 0 Å². The second-order valence-corrected chi connectivity index (χ2v) is 6.21. The van der Waals surface area contributed by atoms with E-state index in [9.17, 15) is 0 Å². The van der Waals surface area contributed by atoms with Crippen molar-refractivity contribution in [3.63, 3.8) is 0 Å². The molecule has 21 heavy (non-hydrogen) atoms. The van der Waals surface area contributed by atoms with Crippen LogP contribution in [0.25, 0.3) is 10.9 Å². The number of pyridine rings is 1. The van der Waals surface area contributed by atoms with Crippen LogP contribution in [0.1, 0.15) is 19.3 Å². The number of nitrogens with zero attached hydrogens (tertiary/aromatic N) is 3. The van der Waals surface area contributed by atoms with Crippen LogP contribution in [0, 0.1) is 0 Å². The molecule has 2 saturated heterocycles. The molecule has 4 nitrogen and oxygen atoms in total. The van der Waals surface area contributed by atoms with E-state index in [-0.39, 0.29) is 0 Å². The molecule has 2 aromatic rings. The third-order valence-corrected chi connectivity index (χ3v) is 4.94. The zero-order valence-electron chi connectivity index (χ0n) is 12.3. The number of likely N-dealkylation sites (tertiary alicyclic amines) is 1. The Bertz CT molecular complexity index is 648. The zero-order valence-corrected chi connectivity index (χ0v) is 12.3. The molecule has 0 bridgehead atoms. The van der Waals surface area contributed by atoms with E-state index in [1.807, 2.05) is 18.3 Å². The molecule has 1 unspecified atom stereocenters. The average Bonchev–Trinajstić information content (AvgIpc) is 3.19. The summed E-state index contributed by atoms with van der Waals surface area (Å²) in [5.74, 6) is 0.